The maximum absolute atomic E-state index is 12.5. The van der Waals surface area contributed by atoms with E-state index in [1.807, 2.05) is 31.2 Å². The van der Waals surface area contributed by atoms with Crippen LogP contribution in [0.5, 0.6) is 0 Å². The molecule has 5 nitrogen and oxygen atoms in total. The van der Waals surface area contributed by atoms with E-state index in [0.717, 1.165) is 16.7 Å². The van der Waals surface area contributed by atoms with Crippen LogP contribution >= 0.6 is 0 Å². The van der Waals surface area contributed by atoms with Crippen molar-refractivity contribution in [3.63, 3.8) is 0 Å². The average molecular weight is 402 g/mol. The number of ether oxygens (including phenoxy) is 1. The van der Waals surface area contributed by atoms with Crippen molar-refractivity contribution in [2.24, 2.45) is 0 Å². The van der Waals surface area contributed by atoms with E-state index in [9.17, 15) is 13.2 Å². The number of sulfonamides is 1. The molecular formula is C22H27NO4S. The number of benzene rings is 2. The van der Waals surface area contributed by atoms with Gasteiger partial charge in [0.05, 0.1) is 11.5 Å². The maximum Gasteiger partial charge on any atom is 0.331 e. The highest BCUT2D eigenvalue weighted by molar-refractivity contribution is 7.89. The molecule has 0 aliphatic rings. The molecule has 0 radical (unpaired) electrons. The fourth-order valence-electron chi connectivity index (χ4n) is 2.72. The number of nitrogens with one attached hydrogen (secondary N) is 1. The molecule has 0 aliphatic heterocycles. The molecule has 0 spiro atoms. The average Bonchev–Trinajstić information content (AvgIpc) is 2.58. The fraction of sp³-hybridized carbons (Fsp3) is 0.318. The van der Waals surface area contributed by atoms with Crippen molar-refractivity contribution >= 4 is 21.6 Å². The smallest absolute Gasteiger partial charge is 0.331 e. The molecule has 0 fully saturated rings. The lowest BCUT2D eigenvalue weighted by Gasteiger charge is -2.20. The molecule has 0 atom stereocenters. The van der Waals surface area contributed by atoms with E-state index >= 15 is 0 Å². The summed E-state index contributed by atoms with van der Waals surface area (Å²) >= 11 is 0. The first kappa shape index (κ1) is 21.9. The standard InChI is InChI=1S/C22H27NO4S/c1-6-27-21(24)15-20(18-9-7-8-16(2)14-18)17-10-12-19(13-11-17)28(25,26)23-22(3,4)5/h7-15,23H,6H2,1-5H3. The second-order valence-electron chi connectivity index (χ2n) is 7.56. The second kappa shape index (κ2) is 8.71. The predicted octanol–water partition coefficient (Wildman–Crippen LogP) is 4.07. The van der Waals surface area contributed by atoms with Gasteiger partial charge in [0, 0.05) is 11.6 Å². The number of carbonyl (C=O) groups is 1. The third kappa shape index (κ3) is 6.04. The topological polar surface area (TPSA) is 72.5 Å². The summed E-state index contributed by atoms with van der Waals surface area (Å²) < 4.78 is 32.7. The van der Waals surface area contributed by atoms with Crippen LogP contribution in [-0.4, -0.2) is 26.5 Å². The Morgan fingerprint density at radius 3 is 2.25 bits per heavy atom. The van der Waals surface area contributed by atoms with Gasteiger partial charge in [-0.05, 0) is 63.5 Å². The van der Waals surface area contributed by atoms with Crippen LogP contribution < -0.4 is 4.72 Å². The molecular weight excluding hydrogens is 374 g/mol. The first-order valence-corrected chi connectivity index (χ1v) is 10.6. The summed E-state index contributed by atoms with van der Waals surface area (Å²) in [5.41, 5.74) is 2.74. The summed E-state index contributed by atoms with van der Waals surface area (Å²) in [7, 11) is -3.62. The minimum Gasteiger partial charge on any atom is -0.463 e. The first-order valence-electron chi connectivity index (χ1n) is 9.12. The molecule has 0 unspecified atom stereocenters. The lowest BCUT2D eigenvalue weighted by Crippen LogP contribution is -2.40. The molecule has 28 heavy (non-hydrogen) atoms. The summed E-state index contributed by atoms with van der Waals surface area (Å²) in [5.74, 6) is -0.440. The molecule has 0 heterocycles. The molecule has 0 aromatic heterocycles. The molecule has 1 N–H and O–H groups in total. The van der Waals surface area contributed by atoms with E-state index in [2.05, 4.69) is 4.72 Å². The Bertz CT molecular complexity index is 968. The van der Waals surface area contributed by atoms with Gasteiger partial charge in [-0.25, -0.2) is 17.9 Å². The number of hydrogen-bond acceptors (Lipinski definition) is 4. The predicted molar refractivity (Wildman–Crippen MR) is 111 cm³/mol. The number of aryl methyl sites for hydroxylation is 1. The van der Waals surface area contributed by atoms with E-state index in [-0.39, 0.29) is 11.5 Å². The van der Waals surface area contributed by atoms with Crippen molar-refractivity contribution in [1.29, 1.82) is 0 Å². The Hall–Kier alpha value is -2.44. The van der Waals surface area contributed by atoms with Gasteiger partial charge in [0.15, 0.2) is 0 Å². The summed E-state index contributed by atoms with van der Waals surface area (Å²) in [5, 5.41) is 0. The third-order valence-corrected chi connectivity index (χ3v) is 5.57. The fourth-order valence-corrected chi connectivity index (χ4v) is 4.14. The Balaban J connectivity index is 2.46. The van der Waals surface area contributed by atoms with Crippen LogP contribution in [0.25, 0.3) is 5.57 Å². The lowest BCUT2D eigenvalue weighted by molar-refractivity contribution is -0.137. The Labute approximate surface area is 167 Å². The van der Waals surface area contributed by atoms with E-state index in [0.29, 0.717) is 5.57 Å². The number of hydrogen-bond donors (Lipinski definition) is 1. The summed E-state index contributed by atoms with van der Waals surface area (Å²) in [4.78, 5) is 12.2. The van der Waals surface area contributed by atoms with Gasteiger partial charge in [-0.3, -0.25) is 0 Å². The minimum absolute atomic E-state index is 0.172. The van der Waals surface area contributed by atoms with Crippen molar-refractivity contribution < 1.29 is 17.9 Å². The molecule has 6 heteroatoms. The van der Waals surface area contributed by atoms with Crippen LogP contribution in [0.15, 0.2) is 59.5 Å². The van der Waals surface area contributed by atoms with Crippen LogP contribution in [0, 0.1) is 6.92 Å². The second-order valence-corrected chi connectivity index (χ2v) is 9.24. The molecule has 2 aromatic carbocycles. The maximum atomic E-state index is 12.5. The highest BCUT2D eigenvalue weighted by atomic mass is 32.2. The molecule has 0 aliphatic carbocycles. The van der Waals surface area contributed by atoms with Crippen molar-refractivity contribution in [2.75, 3.05) is 6.61 Å². The van der Waals surface area contributed by atoms with Gasteiger partial charge in [0.25, 0.3) is 0 Å². The van der Waals surface area contributed by atoms with E-state index < -0.39 is 21.5 Å². The van der Waals surface area contributed by atoms with Gasteiger partial charge in [-0.15, -0.1) is 0 Å². The van der Waals surface area contributed by atoms with Gasteiger partial charge < -0.3 is 4.74 Å². The summed E-state index contributed by atoms with van der Waals surface area (Å²) in [6.45, 7) is 9.37. The van der Waals surface area contributed by atoms with Gasteiger partial charge in [0.2, 0.25) is 10.0 Å². The molecule has 2 aromatic rings. The zero-order valence-corrected chi connectivity index (χ0v) is 17.8. The van der Waals surface area contributed by atoms with E-state index in [4.69, 9.17) is 4.74 Å². The number of carbonyl (C=O) groups excluding carboxylic acids is 1. The Morgan fingerprint density at radius 1 is 1.07 bits per heavy atom. The van der Waals surface area contributed by atoms with Crippen LogP contribution in [0.1, 0.15) is 44.4 Å². The van der Waals surface area contributed by atoms with Crippen LogP contribution in [0.4, 0.5) is 0 Å². The largest absolute Gasteiger partial charge is 0.463 e. The molecule has 150 valence electrons. The lowest BCUT2D eigenvalue weighted by atomic mass is 9.96. The number of esters is 1. The van der Waals surface area contributed by atoms with Gasteiger partial charge in [-0.2, -0.15) is 0 Å². The van der Waals surface area contributed by atoms with Crippen molar-refractivity contribution in [3.05, 3.63) is 71.3 Å². The van der Waals surface area contributed by atoms with Crippen LogP contribution in [-0.2, 0) is 19.6 Å². The van der Waals surface area contributed by atoms with Gasteiger partial charge >= 0.3 is 5.97 Å². The van der Waals surface area contributed by atoms with Gasteiger partial charge in [0.1, 0.15) is 0 Å². The quantitative estimate of drug-likeness (QED) is 0.585. The minimum atomic E-state index is -3.62. The zero-order valence-electron chi connectivity index (χ0n) is 16.9. The third-order valence-electron chi connectivity index (χ3n) is 3.79. The van der Waals surface area contributed by atoms with E-state index in [1.54, 1.807) is 39.8 Å². The highest BCUT2D eigenvalue weighted by Gasteiger charge is 2.22. The molecule has 2 rings (SSSR count). The number of rotatable bonds is 6. The van der Waals surface area contributed by atoms with Crippen molar-refractivity contribution in [2.45, 2.75) is 45.1 Å². The Morgan fingerprint density at radius 2 is 1.71 bits per heavy atom. The zero-order chi connectivity index (χ0) is 20.9. The summed E-state index contributed by atoms with van der Waals surface area (Å²) in [6, 6.07) is 14.2. The van der Waals surface area contributed by atoms with Crippen molar-refractivity contribution in [1.82, 2.24) is 4.72 Å². The Kier molecular flexibility index (Phi) is 6.80. The molecule has 0 amide bonds. The highest BCUT2D eigenvalue weighted by Crippen LogP contribution is 2.26. The molecule has 0 bridgehead atoms. The first-order chi connectivity index (χ1) is 13.0. The molecule has 0 saturated heterocycles. The van der Waals surface area contributed by atoms with Crippen molar-refractivity contribution in [3.8, 4) is 0 Å². The van der Waals surface area contributed by atoms with Crippen LogP contribution in [0.3, 0.4) is 0 Å². The SMILES string of the molecule is CCOC(=O)C=C(c1ccc(S(=O)(=O)NC(C)(C)C)cc1)c1cccc(C)c1. The van der Waals surface area contributed by atoms with Crippen LogP contribution in [0.2, 0.25) is 0 Å². The normalized spacial score (nSPS) is 12.7. The van der Waals surface area contributed by atoms with Gasteiger partial charge in [-0.1, -0.05) is 42.0 Å². The van der Waals surface area contributed by atoms with E-state index in [1.165, 1.54) is 18.2 Å². The monoisotopic (exact) mass is 401 g/mol. The molecule has 0 saturated carbocycles. The summed E-state index contributed by atoms with van der Waals surface area (Å²) in [6.07, 6.45) is 1.44.